The van der Waals surface area contributed by atoms with E-state index in [1.165, 1.54) is 5.56 Å². The van der Waals surface area contributed by atoms with Gasteiger partial charge in [0, 0.05) is 50.0 Å². The predicted octanol–water partition coefficient (Wildman–Crippen LogP) is 2.41. The Morgan fingerprint density at radius 3 is 2.65 bits per heavy atom. The maximum atomic E-state index is 4.30. The van der Waals surface area contributed by atoms with Crippen molar-refractivity contribution >= 4 is 0 Å². The van der Waals surface area contributed by atoms with E-state index >= 15 is 0 Å². The summed E-state index contributed by atoms with van der Waals surface area (Å²) in [6, 6.07) is 0.541. The van der Waals surface area contributed by atoms with Crippen LogP contribution in [0.2, 0.25) is 0 Å². The van der Waals surface area contributed by atoms with Gasteiger partial charge in [-0.1, -0.05) is 27.7 Å². The molecule has 0 aliphatic carbocycles. The SMILES string of the molecule is CCC1(C)CNC(C(C)(C)C)CN1Cc1cnn(C)c1. The Morgan fingerprint density at radius 2 is 2.15 bits per heavy atom. The minimum atomic E-state index is 0.234. The molecule has 1 N–H and O–H groups in total. The van der Waals surface area contributed by atoms with E-state index in [4.69, 9.17) is 0 Å². The number of hydrogen-bond donors (Lipinski definition) is 1. The number of hydrogen-bond acceptors (Lipinski definition) is 3. The maximum Gasteiger partial charge on any atom is 0.0534 e. The zero-order valence-electron chi connectivity index (χ0n) is 13.9. The number of nitrogens with one attached hydrogen (secondary N) is 1. The van der Waals surface area contributed by atoms with Crippen LogP contribution in [0.3, 0.4) is 0 Å². The molecule has 114 valence electrons. The van der Waals surface area contributed by atoms with Gasteiger partial charge in [0.25, 0.3) is 0 Å². The first kappa shape index (κ1) is 15.5. The lowest BCUT2D eigenvalue weighted by molar-refractivity contribution is 0.0157. The van der Waals surface area contributed by atoms with E-state index in [-0.39, 0.29) is 5.54 Å². The zero-order chi connectivity index (χ0) is 15.0. The Labute approximate surface area is 123 Å². The molecule has 0 radical (unpaired) electrons. The minimum Gasteiger partial charge on any atom is -0.310 e. The van der Waals surface area contributed by atoms with Crippen LogP contribution in [0.25, 0.3) is 0 Å². The zero-order valence-corrected chi connectivity index (χ0v) is 13.9. The summed E-state index contributed by atoms with van der Waals surface area (Å²) < 4.78 is 1.89. The summed E-state index contributed by atoms with van der Waals surface area (Å²) in [6.45, 7) is 14.8. The van der Waals surface area contributed by atoms with E-state index in [2.05, 4.69) is 56.1 Å². The molecule has 2 heterocycles. The van der Waals surface area contributed by atoms with E-state index in [9.17, 15) is 0 Å². The molecule has 1 aliphatic heterocycles. The van der Waals surface area contributed by atoms with Gasteiger partial charge in [0.05, 0.1) is 6.20 Å². The highest BCUT2D eigenvalue weighted by Gasteiger charge is 2.39. The van der Waals surface area contributed by atoms with Gasteiger partial charge in [0.15, 0.2) is 0 Å². The van der Waals surface area contributed by atoms with Gasteiger partial charge < -0.3 is 5.32 Å². The Kier molecular flexibility index (Phi) is 4.26. The van der Waals surface area contributed by atoms with Crippen LogP contribution < -0.4 is 5.32 Å². The summed E-state index contributed by atoms with van der Waals surface area (Å²) in [5.41, 5.74) is 1.83. The van der Waals surface area contributed by atoms with E-state index in [1.54, 1.807) is 0 Å². The second kappa shape index (κ2) is 5.49. The first-order chi connectivity index (χ1) is 9.24. The maximum absolute atomic E-state index is 4.30. The molecule has 0 bridgehead atoms. The third-order valence-corrected chi connectivity index (χ3v) is 4.83. The summed E-state index contributed by atoms with van der Waals surface area (Å²) in [5.74, 6) is 0. The van der Waals surface area contributed by atoms with Crippen molar-refractivity contribution in [3.05, 3.63) is 18.0 Å². The van der Waals surface area contributed by atoms with Crippen LogP contribution in [0, 0.1) is 5.41 Å². The van der Waals surface area contributed by atoms with Crippen molar-refractivity contribution in [3.63, 3.8) is 0 Å². The number of rotatable bonds is 3. The fourth-order valence-electron chi connectivity index (χ4n) is 2.92. The van der Waals surface area contributed by atoms with Gasteiger partial charge >= 0.3 is 0 Å². The molecular formula is C16H30N4. The summed E-state index contributed by atoms with van der Waals surface area (Å²) in [5, 5.41) is 8.06. The molecule has 2 rings (SSSR count). The molecule has 0 spiro atoms. The molecule has 4 heteroatoms. The smallest absolute Gasteiger partial charge is 0.0534 e. The standard InChI is InChI=1S/C16H30N4/c1-7-16(5)12-17-14(15(2,3)4)11-20(16)10-13-8-18-19(6)9-13/h8-9,14,17H,7,10-12H2,1-6H3. The molecule has 1 aromatic rings. The summed E-state index contributed by atoms with van der Waals surface area (Å²) in [6.07, 6.45) is 5.28. The number of aromatic nitrogens is 2. The first-order valence-corrected chi connectivity index (χ1v) is 7.70. The topological polar surface area (TPSA) is 33.1 Å². The highest BCUT2D eigenvalue weighted by molar-refractivity contribution is 5.07. The van der Waals surface area contributed by atoms with Crippen molar-refractivity contribution in [1.29, 1.82) is 0 Å². The lowest BCUT2D eigenvalue weighted by Crippen LogP contribution is -2.65. The summed E-state index contributed by atoms with van der Waals surface area (Å²) in [7, 11) is 1.98. The van der Waals surface area contributed by atoms with E-state index in [1.807, 2.05) is 17.9 Å². The quantitative estimate of drug-likeness (QED) is 0.922. The average molecular weight is 278 g/mol. The molecule has 20 heavy (non-hydrogen) atoms. The van der Waals surface area contributed by atoms with Crippen LogP contribution in [-0.2, 0) is 13.6 Å². The largest absolute Gasteiger partial charge is 0.310 e. The monoisotopic (exact) mass is 278 g/mol. The molecule has 1 aromatic heterocycles. The van der Waals surface area contributed by atoms with Gasteiger partial charge in [0.2, 0.25) is 0 Å². The average Bonchev–Trinajstić information content (AvgIpc) is 2.76. The van der Waals surface area contributed by atoms with Crippen LogP contribution in [0.1, 0.15) is 46.6 Å². The normalized spacial score (nSPS) is 28.8. The van der Waals surface area contributed by atoms with E-state index in [0.717, 1.165) is 26.1 Å². The number of nitrogens with zero attached hydrogens (tertiary/aromatic N) is 3. The van der Waals surface area contributed by atoms with E-state index < -0.39 is 0 Å². The molecule has 1 aliphatic rings. The van der Waals surface area contributed by atoms with Crippen LogP contribution in [0.5, 0.6) is 0 Å². The van der Waals surface area contributed by atoms with Crippen LogP contribution in [0.4, 0.5) is 0 Å². The van der Waals surface area contributed by atoms with Crippen molar-refractivity contribution in [2.24, 2.45) is 12.5 Å². The fraction of sp³-hybridized carbons (Fsp3) is 0.812. The molecular weight excluding hydrogens is 248 g/mol. The Balaban J connectivity index is 2.15. The van der Waals surface area contributed by atoms with Gasteiger partial charge in [-0.25, -0.2) is 0 Å². The van der Waals surface area contributed by atoms with Crippen LogP contribution in [0.15, 0.2) is 12.4 Å². The van der Waals surface area contributed by atoms with Gasteiger partial charge in [0.1, 0.15) is 0 Å². The Bertz CT molecular complexity index is 446. The van der Waals surface area contributed by atoms with Crippen molar-refractivity contribution in [2.45, 2.75) is 59.2 Å². The highest BCUT2D eigenvalue weighted by atomic mass is 15.3. The van der Waals surface area contributed by atoms with Gasteiger partial charge in [-0.15, -0.1) is 0 Å². The second-order valence-electron chi connectivity index (χ2n) is 7.55. The van der Waals surface area contributed by atoms with Crippen molar-refractivity contribution in [1.82, 2.24) is 20.0 Å². The van der Waals surface area contributed by atoms with Crippen molar-refractivity contribution in [3.8, 4) is 0 Å². The second-order valence-corrected chi connectivity index (χ2v) is 7.55. The number of aryl methyl sites for hydroxylation is 1. The molecule has 1 saturated heterocycles. The lowest BCUT2D eigenvalue weighted by Gasteiger charge is -2.51. The fourth-order valence-corrected chi connectivity index (χ4v) is 2.92. The molecule has 4 nitrogen and oxygen atoms in total. The molecule has 1 fully saturated rings. The van der Waals surface area contributed by atoms with Crippen molar-refractivity contribution < 1.29 is 0 Å². The van der Waals surface area contributed by atoms with Gasteiger partial charge in [-0.2, -0.15) is 5.10 Å². The van der Waals surface area contributed by atoms with Crippen LogP contribution >= 0.6 is 0 Å². The van der Waals surface area contributed by atoms with E-state index in [0.29, 0.717) is 11.5 Å². The molecule has 0 amide bonds. The number of piperazine rings is 1. The lowest BCUT2D eigenvalue weighted by atomic mass is 9.81. The minimum absolute atomic E-state index is 0.234. The van der Waals surface area contributed by atoms with Crippen LogP contribution in [-0.4, -0.2) is 39.4 Å². The molecule has 2 unspecified atom stereocenters. The summed E-state index contributed by atoms with van der Waals surface area (Å²) >= 11 is 0. The first-order valence-electron chi connectivity index (χ1n) is 7.70. The predicted molar refractivity (Wildman–Crippen MR) is 83.6 cm³/mol. The Morgan fingerprint density at radius 1 is 1.45 bits per heavy atom. The van der Waals surface area contributed by atoms with Crippen molar-refractivity contribution in [2.75, 3.05) is 13.1 Å². The Hall–Kier alpha value is -0.870. The van der Waals surface area contributed by atoms with Gasteiger partial charge in [-0.3, -0.25) is 9.58 Å². The van der Waals surface area contributed by atoms with Gasteiger partial charge in [-0.05, 0) is 18.8 Å². The molecule has 0 saturated carbocycles. The highest BCUT2D eigenvalue weighted by Crippen LogP contribution is 2.30. The third-order valence-electron chi connectivity index (χ3n) is 4.83. The molecule has 0 aromatic carbocycles. The summed E-state index contributed by atoms with van der Waals surface area (Å²) in [4.78, 5) is 2.64. The third kappa shape index (κ3) is 3.23. The molecule has 2 atom stereocenters.